The van der Waals surface area contributed by atoms with Crippen LogP contribution in [0.2, 0.25) is 0 Å². The van der Waals surface area contributed by atoms with Crippen LogP contribution in [0.25, 0.3) is 0 Å². The topological polar surface area (TPSA) is 96.4 Å². The molecule has 3 rings (SSSR count). The summed E-state index contributed by atoms with van der Waals surface area (Å²) in [5.74, 6) is -2.54. The van der Waals surface area contributed by atoms with Gasteiger partial charge in [0, 0.05) is 12.6 Å². The molecule has 2 amide bonds. The van der Waals surface area contributed by atoms with Crippen molar-refractivity contribution in [2.75, 3.05) is 19.8 Å². The highest BCUT2D eigenvalue weighted by Gasteiger charge is 2.78. The molecule has 3 aliphatic heterocycles. The lowest BCUT2D eigenvalue weighted by Crippen LogP contribution is -2.59. The number of carbonyl (C=O) groups is 3. The summed E-state index contributed by atoms with van der Waals surface area (Å²) in [5.41, 5.74) is -1.95. The van der Waals surface area contributed by atoms with E-state index in [1.54, 1.807) is 24.8 Å². The molecule has 3 heterocycles. The Kier molecular flexibility index (Phi) is 7.05. The van der Waals surface area contributed by atoms with Crippen LogP contribution in [0.4, 0.5) is 0 Å². The first-order valence-electron chi connectivity index (χ1n) is 11.8. The minimum absolute atomic E-state index is 0.0441. The first kappa shape index (κ1) is 24.7. The Hall–Kier alpha value is -1.93. The summed E-state index contributed by atoms with van der Waals surface area (Å²) >= 11 is 0. The van der Waals surface area contributed by atoms with Gasteiger partial charge in [0.25, 0.3) is 0 Å². The predicted molar refractivity (Wildman–Crippen MR) is 119 cm³/mol. The second-order valence-electron chi connectivity index (χ2n) is 9.67. The molecule has 3 saturated heterocycles. The molecular formula is C24H38N2O6. The van der Waals surface area contributed by atoms with E-state index in [1.165, 1.54) is 4.90 Å². The standard InChI is InChI=1S/C24H38N2O6/c1-7-10-15(4)25(13-8-2)21(29)19-24-12-11-23(6,32-24)18(22(30)31-9-3)17(24)20(28)26(19)16(5)14-27/h8,15-19,27H,2,7,9-14H2,1,3-6H3/t15?,16-,17+,18+,19?,23-,24?/m1/s1. The number of amides is 2. The maximum atomic E-state index is 14.1. The monoisotopic (exact) mass is 450 g/mol. The van der Waals surface area contributed by atoms with Gasteiger partial charge in [-0.15, -0.1) is 6.58 Å². The maximum Gasteiger partial charge on any atom is 0.312 e. The summed E-state index contributed by atoms with van der Waals surface area (Å²) in [5, 5.41) is 9.92. The third kappa shape index (κ3) is 3.55. The van der Waals surface area contributed by atoms with Crippen molar-refractivity contribution in [2.24, 2.45) is 11.8 Å². The van der Waals surface area contributed by atoms with Gasteiger partial charge >= 0.3 is 5.97 Å². The minimum Gasteiger partial charge on any atom is -0.466 e. The number of hydrogen-bond donors (Lipinski definition) is 1. The first-order chi connectivity index (χ1) is 15.1. The van der Waals surface area contributed by atoms with Crippen molar-refractivity contribution in [1.29, 1.82) is 0 Å². The Labute approximate surface area is 190 Å². The lowest BCUT2D eigenvalue weighted by atomic mass is 9.66. The van der Waals surface area contributed by atoms with Gasteiger partial charge in [-0.1, -0.05) is 19.4 Å². The molecule has 7 atom stereocenters. The van der Waals surface area contributed by atoms with Crippen LogP contribution in [0, 0.1) is 11.8 Å². The minimum atomic E-state index is -1.10. The van der Waals surface area contributed by atoms with E-state index in [9.17, 15) is 19.5 Å². The molecule has 0 saturated carbocycles. The number of nitrogens with zero attached hydrogens (tertiary/aromatic N) is 2. The molecule has 0 aromatic heterocycles. The molecule has 8 heteroatoms. The Morgan fingerprint density at radius 3 is 2.62 bits per heavy atom. The van der Waals surface area contributed by atoms with Gasteiger partial charge < -0.3 is 24.4 Å². The molecule has 8 nitrogen and oxygen atoms in total. The van der Waals surface area contributed by atoms with Crippen molar-refractivity contribution in [2.45, 2.75) is 89.6 Å². The van der Waals surface area contributed by atoms with E-state index in [0.29, 0.717) is 19.4 Å². The van der Waals surface area contributed by atoms with E-state index in [-0.39, 0.29) is 31.1 Å². The number of esters is 1. The SMILES string of the molecule is C=CCN(C(=O)C1N([C@H](C)CO)C(=O)[C@@H]2[C@@H](C(=O)OCC)[C@@]3(C)CCC12O3)C(C)CCC. The lowest BCUT2D eigenvalue weighted by Gasteiger charge is -2.40. The molecule has 1 N–H and O–H groups in total. The molecule has 0 aromatic carbocycles. The van der Waals surface area contributed by atoms with E-state index < -0.39 is 41.1 Å². The zero-order valence-corrected chi connectivity index (χ0v) is 20.0. The van der Waals surface area contributed by atoms with Crippen molar-refractivity contribution in [3.8, 4) is 0 Å². The highest BCUT2D eigenvalue weighted by atomic mass is 16.6. The molecule has 180 valence electrons. The largest absolute Gasteiger partial charge is 0.466 e. The second kappa shape index (κ2) is 9.14. The molecular weight excluding hydrogens is 412 g/mol. The van der Waals surface area contributed by atoms with E-state index >= 15 is 0 Å². The van der Waals surface area contributed by atoms with Gasteiger partial charge in [-0.05, 0) is 47.0 Å². The quantitative estimate of drug-likeness (QED) is 0.403. The Morgan fingerprint density at radius 1 is 1.38 bits per heavy atom. The fourth-order valence-corrected chi connectivity index (χ4v) is 6.15. The van der Waals surface area contributed by atoms with Crippen LogP contribution in [0.1, 0.15) is 60.3 Å². The van der Waals surface area contributed by atoms with Gasteiger partial charge in [0.15, 0.2) is 0 Å². The van der Waals surface area contributed by atoms with Gasteiger partial charge in [0.2, 0.25) is 11.8 Å². The molecule has 32 heavy (non-hydrogen) atoms. The number of fused-ring (bicyclic) bond motifs is 1. The lowest BCUT2D eigenvalue weighted by molar-refractivity contribution is -0.161. The van der Waals surface area contributed by atoms with Crippen LogP contribution in [0.3, 0.4) is 0 Å². The Bertz CT molecular complexity index is 772. The highest BCUT2D eigenvalue weighted by Crippen LogP contribution is 2.63. The van der Waals surface area contributed by atoms with Crippen molar-refractivity contribution in [1.82, 2.24) is 9.80 Å². The van der Waals surface area contributed by atoms with Gasteiger partial charge in [0.05, 0.1) is 30.8 Å². The third-order valence-electron chi connectivity index (χ3n) is 7.58. The molecule has 3 unspecified atom stereocenters. The van der Waals surface area contributed by atoms with Gasteiger partial charge in [0.1, 0.15) is 17.6 Å². The zero-order valence-electron chi connectivity index (χ0n) is 20.0. The summed E-state index contributed by atoms with van der Waals surface area (Å²) in [4.78, 5) is 44.0. The number of ether oxygens (including phenoxy) is 2. The zero-order chi connectivity index (χ0) is 23.8. The van der Waals surface area contributed by atoms with E-state index in [1.807, 2.05) is 13.8 Å². The number of aliphatic hydroxyl groups is 1. The first-order valence-corrected chi connectivity index (χ1v) is 11.8. The summed E-state index contributed by atoms with van der Waals surface area (Å²) in [7, 11) is 0. The van der Waals surface area contributed by atoms with Crippen molar-refractivity contribution in [3.63, 3.8) is 0 Å². The fraction of sp³-hybridized carbons (Fsp3) is 0.792. The summed E-state index contributed by atoms with van der Waals surface area (Å²) < 4.78 is 11.9. The summed E-state index contributed by atoms with van der Waals surface area (Å²) in [6.45, 7) is 13.4. The number of rotatable bonds is 10. The van der Waals surface area contributed by atoms with E-state index in [2.05, 4.69) is 13.5 Å². The molecule has 2 bridgehead atoms. The second-order valence-corrected chi connectivity index (χ2v) is 9.67. The molecule has 3 fully saturated rings. The molecule has 0 aliphatic carbocycles. The number of hydrogen-bond acceptors (Lipinski definition) is 6. The predicted octanol–water partition coefficient (Wildman–Crippen LogP) is 1.90. The molecule has 3 aliphatic rings. The van der Waals surface area contributed by atoms with Gasteiger partial charge in [-0.2, -0.15) is 0 Å². The summed E-state index contributed by atoms with van der Waals surface area (Å²) in [6.07, 6.45) is 4.49. The van der Waals surface area contributed by atoms with Crippen molar-refractivity contribution < 1.29 is 29.0 Å². The smallest absolute Gasteiger partial charge is 0.312 e. The van der Waals surface area contributed by atoms with Gasteiger partial charge in [-0.3, -0.25) is 14.4 Å². The van der Waals surface area contributed by atoms with Crippen molar-refractivity contribution in [3.05, 3.63) is 12.7 Å². The average Bonchev–Trinajstić information content (AvgIpc) is 3.32. The molecule has 0 aromatic rings. The summed E-state index contributed by atoms with van der Waals surface area (Å²) in [6, 6.07) is -1.53. The fourth-order valence-electron chi connectivity index (χ4n) is 6.15. The van der Waals surface area contributed by atoms with Gasteiger partial charge in [-0.25, -0.2) is 0 Å². The number of aliphatic hydroxyl groups excluding tert-OH is 1. The highest BCUT2D eigenvalue weighted by molar-refractivity contribution is 5.98. The number of carbonyl (C=O) groups excluding carboxylic acids is 3. The van der Waals surface area contributed by atoms with Crippen LogP contribution < -0.4 is 0 Å². The average molecular weight is 451 g/mol. The van der Waals surface area contributed by atoms with Crippen LogP contribution >= 0.6 is 0 Å². The van der Waals surface area contributed by atoms with E-state index in [0.717, 1.165) is 12.8 Å². The Balaban J connectivity index is 2.09. The van der Waals surface area contributed by atoms with Crippen LogP contribution in [0.5, 0.6) is 0 Å². The number of likely N-dealkylation sites (tertiary alicyclic amines) is 1. The van der Waals surface area contributed by atoms with Crippen molar-refractivity contribution >= 4 is 17.8 Å². The molecule has 1 spiro atoms. The van der Waals surface area contributed by atoms with Crippen LogP contribution in [0.15, 0.2) is 12.7 Å². The maximum absolute atomic E-state index is 14.1. The van der Waals surface area contributed by atoms with E-state index in [4.69, 9.17) is 9.47 Å². The normalized spacial score (nSPS) is 34.9. The third-order valence-corrected chi connectivity index (χ3v) is 7.58. The van der Waals surface area contributed by atoms with Crippen LogP contribution in [-0.4, -0.2) is 81.8 Å². The van der Waals surface area contributed by atoms with Crippen LogP contribution in [-0.2, 0) is 23.9 Å². The molecule has 0 radical (unpaired) electrons. The Morgan fingerprint density at radius 2 is 2.06 bits per heavy atom.